The Morgan fingerprint density at radius 3 is 2.42 bits per heavy atom. The van der Waals surface area contributed by atoms with Crippen LogP contribution in [0.4, 0.5) is 0 Å². The SMILES string of the molecule is Cc1nc2c3ccc(-c4ccc5c(c4)CCc4c-5ccc5[nH]c(C)nc45)cc3c3c[nH]ncc3c2n1. The molecule has 0 unspecified atom stereocenters. The van der Waals surface area contributed by atoms with Crippen molar-refractivity contribution in [3.63, 3.8) is 0 Å². The zero-order chi connectivity index (χ0) is 24.0. The van der Waals surface area contributed by atoms with Gasteiger partial charge in [0.2, 0.25) is 0 Å². The average molecular weight is 467 g/mol. The van der Waals surface area contributed by atoms with Crippen molar-refractivity contribution in [3.8, 4) is 22.3 Å². The number of imidazole rings is 2. The van der Waals surface area contributed by atoms with E-state index in [0.29, 0.717) is 0 Å². The van der Waals surface area contributed by atoms with E-state index in [4.69, 9.17) is 9.97 Å². The number of aromatic nitrogens is 6. The zero-order valence-corrected chi connectivity index (χ0v) is 20.0. The summed E-state index contributed by atoms with van der Waals surface area (Å²) in [7, 11) is 0. The highest BCUT2D eigenvalue weighted by atomic mass is 15.1. The van der Waals surface area contributed by atoms with E-state index < -0.39 is 0 Å². The lowest BCUT2D eigenvalue weighted by Crippen LogP contribution is -2.05. The maximum atomic E-state index is 4.77. The third-order valence-corrected chi connectivity index (χ3v) is 7.61. The maximum absolute atomic E-state index is 4.77. The summed E-state index contributed by atoms with van der Waals surface area (Å²) in [5, 5.41) is 11.7. The predicted octanol–water partition coefficient (Wildman–Crippen LogP) is 6.59. The summed E-state index contributed by atoms with van der Waals surface area (Å²) in [5.74, 6) is 1.75. The van der Waals surface area contributed by atoms with Gasteiger partial charge in [-0.1, -0.05) is 36.4 Å². The topological polar surface area (TPSA) is 83.1 Å². The van der Waals surface area contributed by atoms with Crippen molar-refractivity contribution >= 4 is 43.6 Å². The van der Waals surface area contributed by atoms with Crippen LogP contribution in [-0.2, 0) is 12.8 Å². The van der Waals surface area contributed by atoms with Gasteiger partial charge in [-0.05, 0) is 77.6 Å². The van der Waals surface area contributed by atoms with Gasteiger partial charge < -0.3 is 4.98 Å². The van der Waals surface area contributed by atoms with Gasteiger partial charge in [0, 0.05) is 22.4 Å². The Hall–Kier alpha value is -4.58. The molecule has 36 heavy (non-hydrogen) atoms. The highest BCUT2D eigenvalue weighted by Gasteiger charge is 2.21. The molecule has 3 aromatic heterocycles. The van der Waals surface area contributed by atoms with Gasteiger partial charge in [0.25, 0.3) is 0 Å². The van der Waals surface area contributed by atoms with Gasteiger partial charge in [-0.3, -0.25) is 5.10 Å². The average Bonchev–Trinajstić information content (AvgIpc) is 3.49. The van der Waals surface area contributed by atoms with Crippen molar-refractivity contribution < 1.29 is 0 Å². The maximum Gasteiger partial charge on any atom is 0.126 e. The predicted molar refractivity (Wildman–Crippen MR) is 144 cm³/mol. The molecule has 7 aromatic rings. The van der Waals surface area contributed by atoms with E-state index >= 15 is 0 Å². The summed E-state index contributed by atoms with van der Waals surface area (Å²) in [6, 6.07) is 18.0. The monoisotopic (exact) mass is 466 g/mol. The fourth-order valence-electron chi connectivity index (χ4n) is 6.01. The minimum atomic E-state index is 0.785. The first-order valence-electron chi connectivity index (χ1n) is 12.3. The highest BCUT2D eigenvalue weighted by Crippen LogP contribution is 2.40. The first-order valence-corrected chi connectivity index (χ1v) is 12.3. The molecule has 6 heteroatoms. The van der Waals surface area contributed by atoms with Crippen molar-refractivity contribution in [1.29, 1.82) is 0 Å². The van der Waals surface area contributed by atoms with Gasteiger partial charge in [0.05, 0.1) is 22.7 Å². The molecule has 4 aromatic carbocycles. The lowest BCUT2D eigenvalue weighted by atomic mass is 9.83. The van der Waals surface area contributed by atoms with Crippen LogP contribution >= 0.6 is 0 Å². The standard InChI is InChI=1S/C30H22N6/c1-15-33-27-10-9-21-20-6-3-17(11-19(20)5-8-22(21)28(27)34-15)18-4-7-23-24(12-18)25-13-31-32-14-26(25)30-29(23)35-16(2)36-30/h3-4,6-7,9-14,31H,5,8H2,1-2H3,(H,33,34). The third-order valence-electron chi connectivity index (χ3n) is 7.61. The molecule has 1 aliphatic rings. The normalized spacial score (nSPS) is 13.1. The number of H-pyrrole nitrogens is 2. The number of nitrogens with zero attached hydrogens (tertiary/aromatic N) is 4. The van der Waals surface area contributed by atoms with Crippen molar-refractivity contribution in [2.75, 3.05) is 0 Å². The summed E-state index contributed by atoms with van der Waals surface area (Å²) < 4.78 is 0. The first kappa shape index (κ1) is 19.7. The third kappa shape index (κ3) is 2.67. The molecule has 0 saturated carbocycles. The molecule has 172 valence electrons. The summed E-state index contributed by atoms with van der Waals surface area (Å²) >= 11 is 0. The molecule has 0 amide bonds. The van der Waals surface area contributed by atoms with E-state index in [1.807, 2.05) is 26.2 Å². The Morgan fingerprint density at radius 1 is 0.694 bits per heavy atom. The number of rotatable bonds is 1. The summed E-state index contributed by atoms with van der Waals surface area (Å²) in [6.45, 7) is 3.96. The molecule has 3 heterocycles. The van der Waals surface area contributed by atoms with Crippen LogP contribution in [-0.4, -0.2) is 30.1 Å². The molecule has 0 saturated heterocycles. The molecule has 0 radical (unpaired) electrons. The van der Waals surface area contributed by atoms with E-state index in [-0.39, 0.29) is 0 Å². The first-order chi connectivity index (χ1) is 17.6. The zero-order valence-electron chi connectivity index (χ0n) is 20.0. The van der Waals surface area contributed by atoms with Gasteiger partial charge in [-0.25, -0.2) is 15.0 Å². The Kier molecular flexibility index (Phi) is 3.82. The molecular weight excluding hydrogens is 444 g/mol. The molecule has 0 aliphatic heterocycles. The number of benzene rings is 4. The minimum Gasteiger partial charge on any atom is -0.342 e. The molecule has 1 aliphatic carbocycles. The lowest BCUT2D eigenvalue weighted by Gasteiger charge is -2.21. The van der Waals surface area contributed by atoms with Crippen molar-refractivity contribution in [2.45, 2.75) is 26.7 Å². The number of hydrogen-bond acceptors (Lipinski definition) is 4. The van der Waals surface area contributed by atoms with Crippen molar-refractivity contribution in [1.82, 2.24) is 30.1 Å². The van der Waals surface area contributed by atoms with Crippen LogP contribution in [0.3, 0.4) is 0 Å². The van der Waals surface area contributed by atoms with Crippen molar-refractivity contribution in [2.24, 2.45) is 0 Å². The Balaban J connectivity index is 1.31. The largest absolute Gasteiger partial charge is 0.342 e. The number of aromatic amines is 2. The van der Waals surface area contributed by atoms with E-state index in [9.17, 15) is 0 Å². The fourth-order valence-corrected chi connectivity index (χ4v) is 6.01. The molecule has 0 atom stereocenters. The van der Waals surface area contributed by atoms with Gasteiger partial charge >= 0.3 is 0 Å². The van der Waals surface area contributed by atoms with Crippen LogP contribution in [0.25, 0.3) is 65.9 Å². The molecular formula is C30H22N6. The van der Waals surface area contributed by atoms with Crippen LogP contribution in [0.5, 0.6) is 0 Å². The molecule has 0 bridgehead atoms. The van der Waals surface area contributed by atoms with E-state index in [0.717, 1.165) is 68.1 Å². The van der Waals surface area contributed by atoms with Crippen LogP contribution in [0, 0.1) is 13.8 Å². The number of hydrogen-bond donors (Lipinski definition) is 2. The van der Waals surface area contributed by atoms with E-state index in [2.05, 4.69) is 68.7 Å². The molecule has 0 fully saturated rings. The summed E-state index contributed by atoms with van der Waals surface area (Å²) in [4.78, 5) is 17.6. The minimum absolute atomic E-state index is 0.785. The van der Waals surface area contributed by atoms with Crippen LogP contribution in [0.2, 0.25) is 0 Å². The fraction of sp³-hybridized carbons (Fsp3) is 0.133. The van der Waals surface area contributed by atoms with E-state index in [1.54, 1.807) is 0 Å². The lowest BCUT2D eigenvalue weighted by molar-refractivity contribution is 0.948. The van der Waals surface area contributed by atoms with Gasteiger partial charge in [0.15, 0.2) is 0 Å². The Bertz CT molecular complexity index is 2030. The van der Waals surface area contributed by atoms with Gasteiger partial charge in [-0.2, -0.15) is 5.10 Å². The second-order valence-corrected chi connectivity index (χ2v) is 9.77. The highest BCUT2D eigenvalue weighted by molar-refractivity contribution is 6.23. The van der Waals surface area contributed by atoms with Gasteiger partial charge in [0.1, 0.15) is 17.2 Å². The molecule has 2 N–H and O–H groups in total. The molecule has 0 spiro atoms. The van der Waals surface area contributed by atoms with E-state index in [1.165, 1.54) is 33.4 Å². The number of fused-ring (bicyclic) bond motifs is 11. The second kappa shape index (κ2) is 6.98. The smallest absolute Gasteiger partial charge is 0.126 e. The number of aryl methyl sites for hydroxylation is 4. The molecule has 8 rings (SSSR count). The molecule has 6 nitrogen and oxygen atoms in total. The van der Waals surface area contributed by atoms with Crippen LogP contribution in [0.1, 0.15) is 22.8 Å². The summed E-state index contributed by atoms with van der Waals surface area (Å²) in [5.41, 5.74) is 11.9. The van der Waals surface area contributed by atoms with Crippen molar-refractivity contribution in [3.05, 3.63) is 83.7 Å². The Labute approximate surface area is 206 Å². The van der Waals surface area contributed by atoms with Crippen LogP contribution in [0.15, 0.2) is 60.9 Å². The summed E-state index contributed by atoms with van der Waals surface area (Å²) in [6.07, 6.45) is 5.84. The second-order valence-electron chi connectivity index (χ2n) is 9.77. The van der Waals surface area contributed by atoms with Gasteiger partial charge in [-0.15, -0.1) is 0 Å². The quantitative estimate of drug-likeness (QED) is 0.268. The van der Waals surface area contributed by atoms with Crippen LogP contribution < -0.4 is 0 Å². The number of nitrogens with one attached hydrogen (secondary N) is 2. The Morgan fingerprint density at radius 2 is 1.50 bits per heavy atom.